The molecular weight excluding hydrogens is 400 g/mol. The quantitative estimate of drug-likeness (QED) is 0.723. The molecule has 1 aromatic heterocycles. The van der Waals surface area contributed by atoms with Crippen molar-refractivity contribution >= 4 is 33.6 Å². The third-order valence-corrected chi connectivity index (χ3v) is 6.66. The van der Waals surface area contributed by atoms with Gasteiger partial charge < -0.3 is 9.32 Å². The Morgan fingerprint density at radius 1 is 1.32 bits per heavy atom. The monoisotopic (exact) mass is 422 g/mol. The Balaban J connectivity index is 1.50. The van der Waals surface area contributed by atoms with Crippen LogP contribution in [0.5, 0.6) is 0 Å². The van der Waals surface area contributed by atoms with E-state index in [0.29, 0.717) is 36.0 Å². The summed E-state index contributed by atoms with van der Waals surface area (Å²) in [6.45, 7) is 3.29. The Kier molecular flexibility index (Phi) is 6.59. The van der Waals surface area contributed by atoms with E-state index in [1.165, 1.54) is 12.1 Å². The topological polar surface area (TPSA) is 79.6 Å². The molecule has 3 rings (SSSR count). The van der Waals surface area contributed by atoms with E-state index < -0.39 is 10.0 Å². The number of aryl methyl sites for hydroxylation is 1. The summed E-state index contributed by atoms with van der Waals surface area (Å²) in [5, 5.41) is 0.389. The van der Waals surface area contributed by atoms with Crippen LogP contribution in [-0.4, -0.2) is 38.9 Å². The number of hydrogen-bond donors (Lipinski definition) is 1. The van der Waals surface area contributed by atoms with Crippen molar-refractivity contribution < 1.29 is 17.6 Å². The molecular formula is C20H23ClN2O4S. The lowest BCUT2D eigenvalue weighted by molar-refractivity contribution is -0.127. The van der Waals surface area contributed by atoms with Crippen molar-refractivity contribution in [2.75, 3.05) is 19.6 Å². The number of hydrogen-bond acceptors (Lipinski definition) is 4. The molecule has 0 aliphatic carbocycles. The molecule has 0 saturated carbocycles. The summed E-state index contributed by atoms with van der Waals surface area (Å²) in [6.07, 6.45) is 6.20. The largest absolute Gasteiger partial charge is 0.465 e. The molecule has 1 saturated heterocycles. The van der Waals surface area contributed by atoms with Gasteiger partial charge in [-0.05, 0) is 61.6 Å². The van der Waals surface area contributed by atoms with Gasteiger partial charge in [0.15, 0.2) is 0 Å². The van der Waals surface area contributed by atoms with Crippen LogP contribution in [0.1, 0.15) is 24.2 Å². The molecule has 0 unspecified atom stereocenters. The van der Waals surface area contributed by atoms with E-state index in [0.717, 1.165) is 12.8 Å². The molecule has 2 aromatic rings. The highest BCUT2D eigenvalue weighted by Crippen LogP contribution is 2.22. The molecule has 1 fully saturated rings. The molecule has 1 aliphatic heterocycles. The van der Waals surface area contributed by atoms with Gasteiger partial charge in [0.1, 0.15) is 5.76 Å². The van der Waals surface area contributed by atoms with E-state index in [-0.39, 0.29) is 16.7 Å². The smallest absolute Gasteiger partial charge is 0.246 e. The normalized spacial score (nSPS) is 16.0. The van der Waals surface area contributed by atoms with Gasteiger partial charge in [0, 0.05) is 30.7 Å². The summed E-state index contributed by atoms with van der Waals surface area (Å²) in [4.78, 5) is 14.2. The van der Waals surface area contributed by atoms with Crippen molar-refractivity contribution in [1.82, 2.24) is 9.62 Å². The lowest BCUT2D eigenvalue weighted by Gasteiger charge is -2.31. The van der Waals surface area contributed by atoms with Gasteiger partial charge in [0.25, 0.3) is 0 Å². The number of nitrogens with zero attached hydrogens (tertiary/aromatic N) is 1. The SMILES string of the molecule is Cc1ccc(Cl)cc1S(=O)(=O)NCC1CCN(C(=O)/C=C/c2ccco2)CC1. The molecule has 150 valence electrons. The second kappa shape index (κ2) is 8.94. The third-order valence-electron chi connectivity index (χ3n) is 4.86. The first kappa shape index (κ1) is 20.6. The average Bonchev–Trinajstić information content (AvgIpc) is 3.20. The van der Waals surface area contributed by atoms with Crippen LogP contribution in [0.4, 0.5) is 0 Å². The third kappa shape index (κ3) is 5.25. The fourth-order valence-corrected chi connectivity index (χ4v) is 4.79. The fourth-order valence-electron chi connectivity index (χ4n) is 3.17. The van der Waals surface area contributed by atoms with Crippen molar-refractivity contribution in [2.45, 2.75) is 24.7 Å². The van der Waals surface area contributed by atoms with E-state index in [1.807, 2.05) is 0 Å². The highest BCUT2D eigenvalue weighted by atomic mass is 35.5. The summed E-state index contributed by atoms with van der Waals surface area (Å²) in [6, 6.07) is 8.37. The zero-order valence-corrected chi connectivity index (χ0v) is 17.2. The zero-order chi connectivity index (χ0) is 20.1. The number of carbonyl (C=O) groups excluding carboxylic acids is 1. The molecule has 0 radical (unpaired) electrons. The first-order valence-corrected chi connectivity index (χ1v) is 11.0. The number of halogens is 1. The predicted molar refractivity (Wildman–Crippen MR) is 108 cm³/mol. The van der Waals surface area contributed by atoms with Crippen LogP contribution in [0.25, 0.3) is 6.08 Å². The van der Waals surface area contributed by atoms with Crippen LogP contribution in [0, 0.1) is 12.8 Å². The minimum atomic E-state index is -3.61. The molecule has 0 bridgehead atoms. The molecule has 0 atom stereocenters. The molecule has 1 aliphatic rings. The number of benzene rings is 1. The maximum atomic E-state index is 12.6. The number of furan rings is 1. The van der Waals surface area contributed by atoms with Gasteiger partial charge in [-0.25, -0.2) is 13.1 Å². The molecule has 1 aromatic carbocycles. The summed E-state index contributed by atoms with van der Waals surface area (Å²) in [7, 11) is -3.61. The molecule has 28 heavy (non-hydrogen) atoms. The molecule has 0 spiro atoms. The van der Waals surface area contributed by atoms with Gasteiger partial charge in [-0.2, -0.15) is 0 Å². The highest BCUT2D eigenvalue weighted by Gasteiger charge is 2.24. The van der Waals surface area contributed by atoms with Gasteiger partial charge in [-0.1, -0.05) is 17.7 Å². The summed E-state index contributed by atoms with van der Waals surface area (Å²) in [5.41, 5.74) is 0.653. The second-order valence-corrected chi connectivity index (χ2v) is 9.05. The minimum absolute atomic E-state index is 0.0648. The maximum absolute atomic E-state index is 12.6. The van der Waals surface area contributed by atoms with Gasteiger partial charge >= 0.3 is 0 Å². The van der Waals surface area contributed by atoms with Crippen molar-refractivity contribution in [2.24, 2.45) is 5.92 Å². The summed E-state index contributed by atoms with van der Waals surface area (Å²) < 4.78 is 33.0. The number of sulfonamides is 1. The Bertz CT molecular complexity index is 947. The highest BCUT2D eigenvalue weighted by molar-refractivity contribution is 7.89. The standard InChI is InChI=1S/C20H23ClN2O4S/c1-15-4-5-17(21)13-19(15)28(25,26)22-14-16-8-10-23(11-9-16)20(24)7-6-18-3-2-12-27-18/h2-7,12-13,16,22H,8-11,14H2,1H3/b7-6+. The molecule has 8 heteroatoms. The van der Waals surface area contributed by atoms with Crippen LogP contribution in [0.3, 0.4) is 0 Å². The lowest BCUT2D eigenvalue weighted by atomic mass is 9.97. The summed E-state index contributed by atoms with van der Waals surface area (Å²) in [5.74, 6) is 0.756. The van der Waals surface area contributed by atoms with Gasteiger partial charge in [-0.3, -0.25) is 4.79 Å². The van der Waals surface area contributed by atoms with Gasteiger partial charge in [0.05, 0.1) is 11.2 Å². The van der Waals surface area contributed by atoms with E-state index >= 15 is 0 Å². The molecule has 1 amide bonds. The van der Waals surface area contributed by atoms with Crippen LogP contribution >= 0.6 is 11.6 Å². The van der Waals surface area contributed by atoms with Crippen molar-refractivity contribution in [3.63, 3.8) is 0 Å². The van der Waals surface area contributed by atoms with E-state index in [9.17, 15) is 13.2 Å². The van der Waals surface area contributed by atoms with Crippen molar-refractivity contribution in [1.29, 1.82) is 0 Å². The van der Waals surface area contributed by atoms with E-state index in [1.54, 1.807) is 48.4 Å². The summed E-state index contributed by atoms with van der Waals surface area (Å²) >= 11 is 5.93. The van der Waals surface area contributed by atoms with E-state index in [2.05, 4.69) is 4.72 Å². The number of amides is 1. The Hall–Kier alpha value is -2.09. The van der Waals surface area contributed by atoms with Gasteiger partial charge in [0.2, 0.25) is 15.9 Å². The number of nitrogens with one attached hydrogen (secondary N) is 1. The lowest BCUT2D eigenvalue weighted by Crippen LogP contribution is -2.41. The number of likely N-dealkylation sites (tertiary alicyclic amines) is 1. The number of rotatable bonds is 6. The molecule has 2 heterocycles. The van der Waals surface area contributed by atoms with E-state index in [4.69, 9.17) is 16.0 Å². The van der Waals surface area contributed by atoms with Crippen molar-refractivity contribution in [3.8, 4) is 0 Å². The average molecular weight is 423 g/mol. The van der Waals surface area contributed by atoms with Crippen LogP contribution in [-0.2, 0) is 14.8 Å². The Morgan fingerprint density at radius 3 is 2.75 bits per heavy atom. The van der Waals surface area contributed by atoms with Crippen LogP contribution < -0.4 is 4.72 Å². The van der Waals surface area contributed by atoms with Crippen molar-refractivity contribution in [3.05, 3.63) is 59.0 Å². The second-order valence-electron chi connectivity index (χ2n) is 6.88. The predicted octanol–water partition coefficient (Wildman–Crippen LogP) is 3.47. The van der Waals surface area contributed by atoms with Crippen LogP contribution in [0.2, 0.25) is 5.02 Å². The fraction of sp³-hybridized carbons (Fsp3) is 0.350. The number of carbonyl (C=O) groups is 1. The molecule has 6 nitrogen and oxygen atoms in total. The number of piperidine rings is 1. The van der Waals surface area contributed by atoms with Crippen LogP contribution in [0.15, 0.2) is 52.0 Å². The first-order valence-electron chi connectivity index (χ1n) is 9.11. The Morgan fingerprint density at radius 2 is 2.07 bits per heavy atom. The van der Waals surface area contributed by atoms with Gasteiger partial charge in [-0.15, -0.1) is 0 Å². The Labute approximate surface area is 170 Å². The first-order chi connectivity index (χ1) is 13.3. The zero-order valence-electron chi connectivity index (χ0n) is 15.6. The molecule has 1 N–H and O–H groups in total. The minimum Gasteiger partial charge on any atom is -0.465 e. The maximum Gasteiger partial charge on any atom is 0.246 e.